The fourth-order valence-electron chi connectivity index (χ4n) is 7.28. The molecule has 0 aliphatic carbocycles. The van der Waals surface area contributed by atoms with Crippen LogP contribution in [0.15, 0.2) is 24.3 Å². The van der Waals surface area contributed by atoms with E-state index in [0.29, 0.717) is 0 Å². The Morgan fingerprint density at radius 1 is 0.926 bits per heavy atom. The number of carbonyl (C=O) groups is 3. The molecule has 0 bridgehead atoms. The van der Waals surface area contributed by atoms with Crippen LogP contribution in [0.2, 0.25) is 0 Å². The number of rotatable bonds is 9. The number of allylic oxidation sites excluding steroid dienone is 2. The number of ketones is 1. The highest BCUT2D eigenvalue weighted by Crippen LogP contribution is 2.36. The molecule has 3 rings (SSSR count). The summed E-state index contributed by atoms with van der Waals surface area (Å²) >= 11 is 0. The van der Waals surface area contributed by atoms with E-state index < -0.39 is 122 Å². The molecule has 310 valence electrons. The van der Waals surface area contributed by atoms with Gasteiger partial charge in [-0.15, -0.1) is 0 Å². The lowest BCUT2D eigenvalue weighted by Gasteiger charge is -2.50. The number of likely N-dealkylation sites (N-methyl/N-ethyl adjacent to an activating group) is 1. The van der Waals surface area contributed by atoms with Gasteiger partial charge in [0, 0.05) is 25.9 Å². The summed E-state index contributed by atoms with van der Waals surface area (Å²) in [7, 11) is 4.75. The zero-order chi connectivity index (χ0) is 40.7. The van der Waals surface area contributed by atoms with Crippen LogP contribution < -0.4 is 0 Å². The molecule has 0 aromatic rings. The van der Waals surface area contributed by atoms with Crippen LogP contribution in [0.25, 0.3) is 0 Å². The van der Waals surface area contributed by atoms with Crippen LogP contribution in [0.4, 0.5) is 0 Å². The van der Waals surface area contributed by atoms with Crippen LogP contribution in [0, 0.1) is 11.8 Å². The number of hydrogen-bond donors (Lipinski definition) is 5. The molecule has 0 spiro atoms. The molecule has 17 unspecified atom stereocenters. The van der Waals surface area contributed by atoms with Crippen molar-refractivity contribution in [3.8, 4) is 0 Å². The van der Waals surface area contributed by atoms with Crippen LogP contribution in [0.5, 0.6) is 0 Å². The Kier molecular flexibility index (Phi) is 17.2. The first kappa shape index (κ1) is 46.0. The van der Waals surface area contributed by atoms with E-state index in [-0.39, 0.29) is 25.0 Å². The molecule has 0 aromatic carbocycles. The molecule has 5 N–H and O–H groups in total. The van der Waals surface area contributed by atoms with Gasteiger partial charge in [-0.2, -0.15) is 0 Å². The number of Topliss-reactive ketones (excluding diaryl/α,β-unsaturated/α-hetero) is 1. The maximum atomic E-state index is 13.6. The minimum Gasteiger partial charge on any atom is -0.459 e. The van der Waals surface area contributed by atoms with Gasteiger partial charge in [0.25, 0.3) is 0 Å². The predicted octanol–water partition coefficient (Wildman–Crippen LogP) is 0.777. The van der Waals surface area contributed by atoms with Crippen LogP contribution in [0.1, 0.15) is 74.1 Å². The number of hydrogen-bond acceptors (Lipinski definition) is 16. The maximum absolute atomic E-state index is 13.6. The van der Waals surface area contributed by atoms with Gasteiger partial charge in [0.05, 0.1) is 36.4 Å². The third-order valence-electron chi connectivity index (χ3n) is 10.6. The number of carbonyl (C=O) groups excluding carboxylic acids is 3. The fraction of sp³-hybridized carbons (Fsp3) is 0.816. The quantitative estimate of drug-likeness (QED) is 0.204. The van der Waals surface area contributed by atoms with Crippen molar-refractivity contribution in [1.29, 1.82) is 0 Å². The van der Waals surface area contributed by atoms with E-state index in [1.165, 1.54) is 52.2 Å². The first-order valence-corrected chi connectivity index (χ1v) is 18.7. The maximum Gasteiger partial charge on any atom is 0.310 e. The number of nitrogens with zero attached hydrogens (tertiary/aromatic N) is 1. The van der Waals surface area contributed by atoms with Crippen molar-refractivity contribution >= 4 is 17.7 Å². The number of methoxy groups -OCH3 is 1. The van der Waals surface area contributed by atoms with E-state index in [1.807, 2.05) is 0 Å². The second-order valence-corrected chi connectivity index (χ2v) is 15.3. The van der Waals surface area contributed by atoms with Crippen LogP contribution >= 0.6 is 0 Å². The van der Waals surface area contributed by atoms with Crippen molar-refractivity contribution in [2.24, 2.45) is 11.8 Å². The van der Waals surface area contributed by atoms with Crippen molar-refractivity contribution in [3.63, 3.8) is 0 Å². The van der Waals surface area contributed by atoms with Crippen molar-refractivity contribution < 1.29 is 73.1 Å². The third-order valence-corrected chi connectivity index (χ3v) is 10.6. The summed E-state index contributed by atoms with van der Waals surface area (Å²) in [5.41, 5.74) is -1.50. The zero-order valence-electron chi connectivity index (χ0n) is 33.1. The molecule has 2 fully saturated rings. The first-order valence-electron chi connectivity index (χ1n) is 18.7. The second kappa shape index (κ2) is 20.2. The summed E-state index contributed by atoms with van der Waals surface area (Å²) in [6.45, 7) is 11.0. The molecule has 0 aromatic heterocycles. The van der Waals surface area contributed by atoms with E-state index >= 15 is 0 Å². The number of cyclic esters (lactones) is 1. The Labute approximate surface area is 318 Å². The summed E-state index contributed by atoms with van der Waals surface area (Å²) in [6.07, 6.45) is -9.18. The van der Waals surface area contributed by atoms with Crippen molar-refractivity contribution in [3.05, 3.63) is 24.3 Å². The van der Waals surface area contributed by atoms with Gasteiger partial charge in [-0.1, -0.05) is 38.2 Å². The highest BCUT2D eigenvalue weighted by molar-refractivity contribution is 5.79. The molecule has 3 aliphatic heterocycles. The summed E-state index contributed by atoms with van der Waals surface area (Å²) in [6, 6.07) is -0.798. The Morgan fingerprint density at radius 2 is 1.56 bits per heavy atom. The van der Waals surface area contributed by atoms with Crippen LogP contribution in [-0.2, 0) is 47.5 Å². The fourth-order valence-corrected chi connectivity index (χ4v) is 7.28. The molecule has 17 atom stereocenters. The van der Waals surface area contributed by atoms with Gasteiger partial charge in [0.15, 0.2) is 12.6 Å². The van der Waals surface area contributed by atoms with E-state index in [0.717, 1.165) is 0 Å². The lowest BCUT2D eigenvalue weighted by molar-refractivity contribution is -0.343. The normalized spacial score (nSPS) is 43.1. The van der Waals surface area contributed by atoms with E-state index in [1.54, 1.807) is 46.7 Å². The number of aliphatic hydroxyl groups excluding tert-OH is 4. The largest absolute Gasteiger partial charge is 0.459 e. The minimum absolute atomic E-state index is 0.0395. The van der Waals surface area contributed by atoms with Gasteiger partial charge in [-0.3, -0.25) is 14.4 Å². The monoisotopic (exact) mass is 773 g/mol. The number of esters is 2. The molecule has 0 saturated carbocycles. The average molecular weight is 774 g/mol. The van der Waals surface area contributed by atoms with Crippen molar-refractivity contribution in [1.82, 2.24) is 4.90 Å². The minimum atomic E-state index is -1.50. The molecule has 0 amide bonds. The van der Waals surface area contributed by atoms with Crippen molar-refractivity contribution in [2.75, 3.05) is 21.2 Å². The lowest BCUT2D eigenvalue weighted by atomic mass is 9.82. The molecule has 3 aliphatic rings. The van der Waals surface area contributed by atoms with Crippen LogP contribution in [0.3, 0.4) is 0 Å². The molecule has 2 saturated heterocycles. The molecule has 16 nitrogen and oxygen atoms in total. The second-order valence-electron chi connectivity index (χ2n) is 15.3. The van der Waals surface area contributed by atoms with Crippen LogP contribution in [-0.4, -0.2) is 161 Å². The molecule has 16 heteroatoms. The topological polar surface area (TPSA) is 220 Å². The molecular weight excluding hydrogens is 710 g/mol. The molecular formula is C38H63NO15. The van der Waals surface area contributed by atoms with E-state index in [2.05, 4.69) is 0 Å². The van der Waals surface area contributed by atoms with Gasteiger partial charge in [-0.25, -0.2) is 0 Å². The van der Waals surface area contributed by atoms with Crippen molar-refractivity contribution in [2.45, 2.75) is 166 Å². The van der Waals surface area contributed by atoms with Gasteiger partial charge >= 0.3 is 11.9 Å². The summed E-state index contributed by atoms with van der Waals surface area (Å²) < 4.78 is 42.2. The van der Waals surface area contributed by atoms with E-state index in [9.17, 15) is 39.9 Å². The van der Waals surface area contributed by atoms with Gasteiger partial charge < -0.3 is 63.6 Å². The summed E-state index contributed by atoms with van der Waals surface area (Å²) in [4.78, 5) is 41.3. The first-order chi connectivity index (χ1) is 25.2. The third kappa shape index (κ3) is 11.8. The molecule has 54 heavy (non-hydrogen) atoms. The number of ether oxygens (including phenoxy) is 7. The SMILES string of the molecule is CCC(=O)OC1CC(=O)OC(C)C(O)C=CC=CC(O)C(C)CC(C(C)=O)C(OC2OC(C)C(OC3CC(C)(O)C(O)C(C)O3)C(N(C)C)C2O)C1OC. The predicted molar refractivity (Wildman–Crippen MR) is 193 cm³/mol. The smallest absolute Gasteiger partial charge is 0.310 e. The Balaban J connectivity index is 2.07. The zero-order valence-corrected chi connectivity index (χ0v) is 33.1. The standard InChI is InChI=1S/C38H63NO15/c1-11-28(43)52-27-17-29(44)49-21(4)26(42)15-13-12-14-25(41)19(2)16-24(20(3)40)34(35(27)48-10)54-37-32(45)31(39(8)9)33(22(5)51-37)53-30-18-38(7,47)36(46)23(6)50-30/h12-15,19,21-27,30-37,41-42,45-47H,11,16-18H2,1-10H3. The highest BCUT2D eigenvalue weighted by atomic mass is 16.7. The van der Waals surface area contributed by atoms with Gasteiger partial charge in [0.2, 0.25) is 0 Å². The Morgan fingerprint density at radius 3 is 2.11 bits per heavy atom. The van der Waals surface area contributed by atoms with Gasteiger partial charge in [-0.05, 0) is 61.1 Å². The average Bonchev–Trinajstić information content (AvgIpc) is 3.08. The number of aliphatic hydroxyl groups is 5. The molecule has 0 radical (unpaired) electrons. The lowest BCUT2D eigenvalue weighted by Crippen LogP contribution is -2.66. The summed E-state index contributed by atoms with van der Waals surface area (Å²) in [5, 5.41) is 54.8. The molecule has 3 heterocycles. The Hall–Kier alpha value is -2.35. The van der Waals surface area contributed by atoms with E-state index in [4.69, 9.17) is 33.2 Å². The highest BCUT2D eigenvalue weighted by Gasteiger charge is 2.52. The van der Waals surface area contributed by atoms with Gasteiger partial charge in [0.1, 0.15) is 54.6 Å². The summed E-state index contributed by atoms with van der Waals surface area (Å²) in [5.74, 6) is -3.44. The Bertz CT molecular complexity index is 1290.